The predicted octanol–water partition coefficient (Wildman–Crippen LogP) is 5.75. The summed E-state index contributed by atoms with van der Waals surface area (Å²) in [6.07, 6.45) is 0. The highest BCUT2D eigenvalue weighted by atomic mass is 16.4. The molecule has 2 amide bonds. The Balaban J connectivity index is 2.23. The lowest BCUT2D eigenvalue weighted by molar-refractivity contribution is 0.0696. The van der Waals surface area contributed by atoms with Crippen LogP contribution in [0.4, 0.5) is 11.4 Å². The van der Waals surface area contributed by atoms with Crippen LogP contribution in [0.15, 0.2) is 60.7 Å². The van der Waals surface area contributed by atoms with Crippen molar-refractivity contribution in [3.05, 3.63) is 88.5 Å². The molecule has 0 aromatic heterocycles. The Bertz CT molecular complexity index is 1280. The van der Waals surface area contributed by atoms with Crippen molar-refractivity contribution in [1.82, 2.24) is 0 Å². The molecule has 0 fully saturated rings. The summed E-state index contributed by atoms with van der Waals surface area (Å²) in [5.74, 6) is -2.19. The molecule has 0 bridgehead atoms. The van der Waals surface area contributed by atoms with E-state index in [-0.39, 0.29) is 28.1 Å². The zero-order valence-corrected chi connectivity index (χ0v) is 21.4. The monoisotopic (exact) mass is 488 g/mol. The number of hydrogen-bond donors (Lipinski definition) is 3. The van der Waals surface area contributed by atoms with E-state index in [1.165, 1.54) is 36.4 Å². The predicted molar refractivity (Wildman–Crippen MR) is 141 cm³/mol. The average Bonchev–Trinajstić information content (AvgIpc) is 2.78. The molecule has 0 aliphatic rings. The molecule has 7 heteroatoms. The van der Waals surface area contributed by atoms with Gasteiger partial charge in [0.25, 0.3) is 11.8 Å². The number of carbonyl (C=O) groups excluding carboxylic acids is 2. The number of aromatic carboxylic acids is 1. The van der Waals surface area contributed by atoms with Crippen LogP contribution in [0, 0.1) is 0 Å². The maximum atomic E-state index is 14.0. The van der Waals surface area contributed by atoms with Crippen molar-refractivity contribution in [1.29, 1.82) is 0 Å². The Kier molecular flexibility index (Phi) is 6.98. The van der Waals surface area contributed by atoms with Crippen LogP contribution in [0.1, 0.15) is 83.7 Å². The lowest BCUT2D eigenvalue weighted by Gasteiger charge is -2.29. The van der Waals surface area contributed by atoms with E-state index in [0.717, 1.165) is 4.90 Å². The van der Waals surface area contributed by atoms with Crippen LogP contribution in [-0.2, 0) is 10.8 Å². The zero-order chi connectivity index (χ0) is 27.0. The highest BCUT2D eigenvalue weighted by Gasteiger charge is 2.31. The second-order valence-electron chi connectivity index (χ2n) is 10.8. The zero-order valence-electron chi connectivity index (χ0n) is 21.4. The van der Waals surface area contributed by atoms with Gasteiger partial charge in [-0.15, -0.1) is 0 Å². The van der Waals surface area contributed by atoms with Crippen molar-refractivity contribution in [3.63, 3.8) is 0 Å². The maximum absolute atomic E-state index is 14.0. The lowest BCUT2D eigenvalue weighted by Crippen LogP contribution is -2.37. The molecular weight excluding hydrogens is 456 g/mol. The van der Waals surface area contributed by atoms with Gasteiger partial charge in [-0.1, -0.05) is 41.5 Å². The van der Waals surface area contributed by atoms with Gasteiger partial charge >= 0.3 is 5.97 Å². The van der Waals surface area contributed by atoms with Gasteiger partial charge in [0.2, 0.25) is 0 Å². The molecule has 0 unspecified atom stereocenters. The van der Waals surface area contributed by atoms with Crippen molar-refractivity contribution in [2.45, 2.75) is 52.4 Å². The minimum Gasteiger partial charge on any atom is -0.507 e. The number of hydrogen-bond acceptors (Lipinski definition) is 5. The number of nitrogens with two attached hydrogens (primary N) is 1. The van der Waals surface area contributed by atoms with Crippen LogP contribution < -0.4 is 10.6 Å². The summed E-state index contributed by atoms with van der Waals surface area (Å²) in [6.45, 7) is 11.6. The number of nitrogen functional groups attached to an aromatic ring is 1. The number of amides is 2. The number of imide groups is 1. The number of benzene rings is 3. The molecule has 7 nitrogen and oxygen atoms in total. The van der Waals surface area contributed by atoms with E-state index in [0.29, 0.717) is 16.8 Å². The molecule has 0 spiro atoms. The van der Waals surface area contributed by atoms with E-state index in [2.05, 4.69) is 0 Å². The van der Waals surface area contributed by atoms with E-state index in [4.69, 9.17) is 5.73 Å². The summed E-state index contributed by atoms with van der Waals surface area (Å²) in [6, 6.07) is 14.9. The minimum absolute atomic E-state index is 0.0285. The molecule has 0 radical (unpaired) electrons. The molecule has 3 aromatic carbocycles. The molecule has 0 heterocycles. The molecule has 0 atom stereocenters. The first-order chi connectivity index (χ1) is 16.6. The van der Waals surface area contributed by atoms with Crippen LogP contribution in [0.2, 0.25) is 0 Å². The molecule has 0 saturated heterocycles. The third-order valence-electron chi connectivity index (χ3n) is 5.91. The SMILES string of the molecule is CC(C)(C)c1cc(C(=O)N(C(=O)c2ccc(N)cc2)c2ccc(C(=O)O)cc2)cc(C(C)(C)C)c1O. The van der Waals surface area contributed by atoms with Gasteiger partial charge in [0.05, 0.1) is 11.3 Å². The maximum Gasteiger partial charge on any atom is 0.335 e. The number of phenolic OH excluding ortho intramolecular Hbond substituents is 1. The molecule has 188 valence electrons. The highest BCUT2D eigenvalue weighted by molar-refractivity contribution is 6.26. The molecule has 0 saturated carbocycles. The summed E-state index contributed by atoms with van der Waals surface area (Å²) in [5, 5.41) is 20.3. The van der Waals surface area contributed by atoms with Crippen LogP contribution in [0.5, 0.6) is 5.75 Å². The highest BCUT2D eigenvalue weighted by Crippen LogP contribution is 2.40. The van der Waals surface area contributed by atoms with Crippen LogP contribution in [0.3, 0.4) is 0 Å². The Morgan fingerprint density at radius 3 is 1.53 bits per heavy atom. The van der Waals surface area contributed by atoms with Crippen molar-refractivity contribution in [3.8, 4) is 5.75 Å². The number of aromatic hydroxyl groups is 1. The minimum atomic E-state index is -1.12. The van der Waals surface area contributed by atoms with Crippen LogP contribution >= 0.6 is 0 Å². The lowest BCUT2D eigenvalue weighted by atomic mass is 9.78. The third-order valence-corrected chi connectivity index (χ3v) is 5.91. The number of carboxylic acids is 1. The third kappa shape index (κ3) is 5.40. The van der Waals surface area contributed by atoms with Gasteiger partial charge in [-0.2, -0.15) is 0 Å². The first-order valence-corrected chi connectivity index (χ1v) is 11.6. The van der Waals surface area contributed by atoms with Crippen LogP contribution in [-0.4, -0.2) is 28.0 Å². The summed E-state index contributed by atoms with van der Waals surface area (Å²) in [5.41, 5.74) is 7.17. The molecule has 0 aliphatic carbocycles. The number of anilines is 2. The number of carbonyl (C=O) groups is 3. The average molecular weight is 489 g/mol. The van der Waals surface area contributed by atoms with E-state index in [1.807, 2.05) is 41.5 Å². The molecule has 36 heavy (non-hydrogen) atoms. The fourth-order valence-electron chi connectivity index (χ4n) is 3.87. The van der Waals surface area contributed by atoms with Gasteiger partial charge < -0.3 is 15.9 Å². The summed E-state index contributed by atoms with van der Waals surface area (Å²) >= 11 is 0. The van der Waals surface area contributed by atoms with E-state index in [1.54, 1.807) is 24.3 Å². The molecular formula is C29H32N2O5. The number of rotatable bonds is 4. The number of nitrogens with zero attached hydrogens (tertiary/aromatic N) is 1. The Morgan fingerprint density at radius 1 is 0.694 bits per heavy atom. The van der Waals surface area contributed by atoms with Crippen molar-refractivity contribution >= 4 is 29.2 Å². The van der Waals surface area contributed by atoms with Crippen LogP contribution in [0.25, 0.3) is 0 Å². The summed E-state index contributed by atoms with van der Waals surface area (Å²) < 4.78 is 0. The Morgan fingerprint density at radius 2 is 1.11 bits per heavy atom. The fraction of sp³-hybridized carbons (Fsp3) is 0.276. The first kappa shape index (κ1) is 26.5. The summed E-state index contributed by atoms with van der Waals surface area (Å²) in [7, 11) is 0. The van der Waals surface area contributed by atoms with Gasteiger partial charge in [-0.05, 0) is 71.5 Å². The Labute approximate surface area is 211 Å². The second-order valence-corrected chi connectivity index (χ2v) is 10.8. The van der Waals surface area contributed by atoms with E-state index in [9.17, 15) is 24.6 Å². The molecule has 3 aromatic rings. The van der Waals surface area contributed by atoms with Gasteiger partial charge in [0.1, 0.15) is 5.75 Å². The standard InChI is InChI=1S/C29H32N2O5/c1-28(2,3)22-15-19(16-23(24(22)32)29(4,5)6)26(34)31(21-13-9-18(10-14-21)27(35)36)25(33)17-7-11-20(30)12-8-17/h7-16,32H,30H2,1-6H3,(H,35,36). The summed E-state index contributed by atoms with van der Waals surface area (Å²) in [4.78, 5) is 40.0. The Hall–Kier alpha value is -4.13. The van der Waals surface area contributed by atoms with Crippen molar-refractivity contribution in [2.75, 3.05) is 10.6 Å². The van der Waals surface area contributed by atoms with Gasteiger partial charge in [0, 0.05) is 27.9 Å². The molecule has 0 aliphatic heterocycles. The quantitative estimate of drug-likeness (QED) is 0.317. The first-order valence-electron chi connectivity index (χ1n) is 11.6. The fourth-order valence-corrected chi connectivity index (χ4v) is 3.87. The second kappa shape index (κ2) is 9.49. The number of carboxylic acid groups (broad SMARTS) is 1. The molecule has 4 N–H and O–H groups in total. The smallest absolute Gasteiger partial charge is 0.335 e. The topological polar surface area (TPSA) is 121 Å². The van der Waals surface area contributed by atoms with Gasteiger partial charge in [-0.3, -0.25) is 9.59 Å². The molecule has 3 rings (SSSR count). The van der Waals surface area contributed by atoms with Gasteiger partial charge in [0.15, 0.2) is 0 Å². The van der Waals surface area contributed by atoms with Crippen molar-refractivity contribution < 1.29 is 24.6 Å². The van der Waals surface area contributed by atoms with Crippen molar-refractivity contribution in [2.24, 2.45) is 0 Å². The normalized spacial score (nSPS) is 11.7. The largest absolute Gasteiger partial charge is 0.507 e. The number of phenols is 1. The van der Waals surface area contributed by atoms with E-state index < -0.39 is 28.6 Å². The van der Waals surface area contributed by atoms with E-state index >= 15 is 0 Å². The van der Waals surface area contributed by atoms with Gasteiger partial charge in [-0.25, -0.2) is 9.69 Å².